The van der Waals surface area contributed by atoms with Crippen LogP contribution in [0.15, 0.2) is 29.2 Å². The van der Waals surface area contributed by atoms with Crippen molar-refractivity contribution in [1.29, 1.82) is 0 Å². The van der Waals surface area contributed by atoms with Gasteiger partial charge < -0.3 is 5.11 Å². The average Bonchev–Trinajstić information content (AvgIpc) is 2.74. The van der Waals surface area contributed by atoms with Crippen LogP contribution in [-0.2, 0) is 16.4 Å². The third-order valence-electron chi connectivity index (χ3n) is 3.43. The maximum absolute atomic E-state index is 12.1. The first-order valence-electron chi connectivity index (χ1n) is 6.32. The minimum atomic E-state index is -3.51. The van der Waals surface area contributed by atoms with Crippen LogP contribution in [0, 0.1) is 0 Å². The highest BCUT2D eigenvalue weighted by Gasteiger charge is 2.29. The highest BCUT2D eigenvalue weighted by Crippen LogP contribution is 2.21. The molecule has 1 aliphatic rings. The van der Waals surface area contributed by atoms with Gasteiger partial charge in [0.15, 0.2) is 0 Å². The van der Waals surface area contributed by atoms with Gasteiger partial charge in [0.25, 0.3) is 0 Å². The molecule has 0 bridgehead atoms. The predicted molar refractivity (Wildman–Crippen MR) is 69.8 cm³/mol. The van der Waals surface area contributed by atoms with Gasteiger partial charge in [0.1, 0.15) is 0 Å². The number of aryl methyl sites for hydroxylation is 1. The molecule has 1 aromatic carbocycles. The molecule has 1 aliphatic carbocycles. The molecule has 5 heteroatoms. The highest BCUT2D eigenvalue weighted by atomic mass is 32.2. The zero-order valence-corrected chi connectivity index (χ0v) is 11.3. The Hall–Kier alpha value is -0.910. The Morgan fingerprint density at radius 1 is 1.28 bits per heavy atom. The van der Waals surface area contributed by atoms with Gasteiger partial charge in [-0.25, -0.2) is 13.1 Å². The van der Waals surface area contributed by atoms with Crippen molar-refractivity contribution < 1.29 is 13.5 Å². The first kappa shape index (κ1) is 13.5. The van der Waals surface area contributed by atoms with Crippen LogP contribution < -0.4 is 4.72 Å². The summed E-state index contributed by atoms with van der Waals surface area (Å²) in [4.78, 5) is 0.263. The summed E-state index contributed by atoms with van der Waals surface area (Å²) in [6.07, 6.45) is 2.56. The summed E-state index contributed by atoms with van der Waals surface area (Å²) in [7, 11) is -3.51. The van der Waals surface area contributed by atoms with Crippen molar-refractivity contribution in [3.05, 3.63) is 29.8 Å². The van der Waals surface area contributed by atoms with Crippen molar-refractivity contribution in [2.75, 3.05) is 0 Å². The second-order valence-corrected chi connectivity index (χ2v) is 6.44. The Bertz CT molecular complexity index is 495. The van der Waals surface area contributed by atoms with Gasteiger partial charge in [-0.3, -0.25) is 0 Å². The van der Waals surface area contributed by atoms with Crippen LogP contribution in [0.4, 0.5) is 0 Å². The van der Waals surface area contributed by atoms with E-state index in [1.54, 1.807) is 12.1 Å². The number of hydrogen-bond acceptors (Lipinski definition) is 3. The van der Waals surface area contributed by atoms with Crippen molar-refractivity contribution in [3.8, 4) is 0 Å². The Balaban J connectivity index is 2.14. The molecule has 2 rings (SSSR count). The Kier molecular flexibility index (Phi) is 4.04. The number of hydrogen-bond donors (Lipinski definition) is 2. The van der Waals surface area contributed by atoms with Crippen LogP contribution in [0.2, 0.25) is 0 Å². The summed E-state index contributed by atoms with van der Waals surface area (Å²) in [5, 5.41) is 9.65. The molecule has 0 saturated heterocycles. The summed E-state index contributed by atoms with van der Waals surface area (Å²) in [5.41, 5.74) is 1.11. The Labute approximate surface area is 108 Å². The second kappa shape index (κ2) is 5.38. The summed E-state index contributed by atoms with van der Waals surface area (Å²) in [6.45, 7) is 2.02. The standard InChI is InChI=1S/C13H19NO3S/c1-2-10-6-8-11(9-7-10)18(16,17)14-12-4-3-5-13(12)15/h6-9,12-15H,2-5H2,1H3. The molecule has 0 aliphatic heterocycles. The van der Waals surface area contributed by atoms with E-state index in [1.165, 1.54) is 0 Å². The predicted octanol–water partition coefficient (Wildman–Crippen LogP) is 1.44. The molecule has 18 heavy (non-hydrogen) atoms. The van der Waals surface area contributed by atoms with E-state index in [0.717, 1.165) is 18.4 Å². The molecular formula is C13H19NO3S. The van der Waals surface area contributed by atoms with Gasteiger partial charge >= 0.3 is 0 Å². The van der Waals surface area contributed by atoms with E-state index in [4.69, 9.17) is 0 Å². The zero-order chi connectivity index (χ0) is 13.2. The van der Waals surface area contributed by atoms with Gasteiger partial charge in [-0.1, -0.05) is 19.1 Å². The summed E-state index contributed by atoms with van der Waals surface area (Å²) < 4.78 is 26.8. The van der Waals surface area contributed by atoms with Crippen LogP contribution in [0.3, 0.4) is 0 Å². The van der Waals surface area contributed by atoms with Crippen molar-refractivity contribution in [2.45, 2.75) is 49.6 Å². The van der Waals surface area contributed by atoms with Crippen molar-refractivity contribution in [2.24, 2.45) is 0 Å². The molecule has 4 nitrogen and oxygen atoms in total. The Morgan fingerprint density at radius 3 is 2.44 bits per heavy atom. The van der Waals surface area contributed by atoms with Gasteiger partial charge in [-0.05, 0) is 43.4 Å². The molecule has 1 fully saturated rings. The van der Waals surface area contributed by atoms with Crippen LogP contribution in [-0.4, -0.2) is 25.7 Å². The van der Waals surface area contributed by atoms with E-state index in [9.17, 15) is 13.5 Å². The van der Waals surface area contributed by atoms with Crippen molar-refractivity contribution in [3.63, 3.8) is 0 Å². The number of aliphatic hydroxyl groups excluding tert-OH is 1. The zero-order valence-electron chi connectivity index (χ0n) is 10.5. The molecule has 0 heterocycles. The van der Waals surface area contributed by atoms with Crippen molar-refractivity contribution in [1.82, 2.24) is 4.72 Å². The lowest BCUT2D eigenvalue weighted by Gasteiger charge is -2.16. The lowest BCUT2D eigenvalue weighted by molar-refractivity contribution is 0.159. The van der Waals surface area contributed by atoms with E-state index in [0.29, 0.717) is 12.8 Å². The van der Waals surface area contributed by atoms with Crippen LogP contribution in [0.5, 0.6) is 0 Å². The van der Waals surface area contributed by atoms with Gasteiger partial charge in [0.2, 0.25) is 10.0 Å². The molecule has 1 aromatic rings. The van der Waals surface area contributed by atoms with Gasteiger partial charge in [-0.2, -0.15) is 0 Å². The number of nitrogens with one attached hydrogen (secondary N) is 1. The average molecular weight is 269 g/mol. The number of rotatable bonds is 4. The second-order valence-electron chi connectivity index (χ2n) is 4.72. The van der Waals surface area contributed by atoms with Gasteiger partial charge in [-0.15, -0.1) is 0 Å². The first-order valence-corrected chi connectivity index (χ1v) is 7.80. The third-order valence-corrected chi connectivity index (χ3v) is 4.93. The molecule has 0 spiro atoms. The van der Waals surface area contributed by atoms with Gasteiger partial charge in [0.05, 0.1) is 11.0 Å². The maximum Gasteiger partial charge on any atom is 0.240 e. The third kappa shape index (κ3) is 2.91. The molecule has 0 radical (unpaired) electrons. The molecule has 0 amide bonds. The van der Waals surface area contributed by atoms with E-state index in [1.807, 2.05) is 19.1 Å². The molecule has 2 unspecified atom stereocenters. The fourth-order valence-electron chi connectivity index (χ4n) is 2.25. The molecule has 1 saturated carbocycles. The van der Waals surface area contributed by atoms with Crippen LogP contribution in [0.25, 0.3) is 0 Å². The first-order chi connectivity index (χ1) is 8.53. The normalized spacial score (nSPS) is 24.3. The number of sulfonamides is 1. The van der Waals surface area contributed by atoms with Crippen LogP contribution >= 0.6 is 0 Å². The maximum atomic E-state index is 12.1. The SMILES string of the molecule is CCc1ccc(S(=O)(=O)NC2CCCC2O)cc1. The lowest BCUT2D eigenvalue weighted by Crippen LogP contribution is -2.39. The molecule has 2 N–H and O–H groups in total. The van der Waals surface area contributed by atoms with Crippen molar-refractivity contribution >= 4 is 10.0 Å². The van der Waals surface area contributed by atoms with Crippen LogP contribution in [0.1, 0.15) is 31.7 Å². The van der Waals surface area contributed by atoms with E-state index in [-0.39, 0.29) is 10.9 Å². The minimum absolute atomic E-state index is 0.263. The monoisotopic (exact) mass is 269 g/mol. The number of aliphatic hydroxyl groups is 1. The van der Waals surface area contributed by atoms with E-state index < -0.39 is 16.1 Å². The molecule has 2 atom stereocenters. The molecule has 0 aromatic heterocycles. The molecular weight excluding hydrogens is 250 g/mol. The fraction of sp³-hybridized carbons (Fsp3) is 0.538. The van der Waals surface area contributed by atoms with E-state index >= 15 is 0 Å². The summed E-state index contributed by atoms with van der Waals surface area (Å²) in [6, 6.07) is 6.52. The Morgan fingerprint density at radius 2 is 1.94 bits per heavy atom. The largest absolute Gasteiger partial charge is 0.391 e. The number of benzene rings is 1. The van der Waals surface area contributed by atoms with Gasteiger partial charge in [0, 0.05) is 6.04 Å². The molecule has 100 valence electrons. The smallest absolute Gasteiger partial charge is 0.240 e. The quantitative estimate of drug-likeness (QED) is 0.869. The summed E-state index contributed by atoms with van der Waals surface area (Å²) in [5.74, 6) is 0. The fourth-order valence-corrected chi connectivity index (χ4v) is 3.55. The topological polar surface area (TPSA) is 66.4 Å². The highest BCUT2D eigenvalue weighted by molar-refractivity contribution is 7.89. The van der Waals surface area contributed by atoms with E-state index in [2.05, 4.69) is 4.72 Å². The lowest BCUT2D eigenvalue weighted by atomic mass is 10.2. The minimum Gasteiger partial charge on any atom is -0.391 e. The summed E-state index contributed by atoms with van der Waals surface area (Å²) >= 11 is 0.